The molecule has 0 saturated heterocycles. The number of methoxy groups -OCH3 is 2. The third-order valence-corrected chi connectivity index (χ3v) is 4.88. The van der Waals surface area contributed by atoms with E-state index in [2.05, 4.69) is 10.1 Å². The topological polar surface area (TPSA) is 49.2 Å². The molecule has 0 unspecified atom stereocenters. The first-order valence-electron chi connectivity index (χ1n) is 9.19. The first kappa shape index (κ1) is 20.6. The maximum Gasteiger partial charge on any atom is 0.417 e. The van der Waals surface area contributed by atoms with Crippen LogP contribution in [-0.4, -0.2) is 29.0 Å². The van der Waals surface area contributed by atoms with Gasteiger partial charge in [0, 0.05) is 5.56 Å². The van der Waals surface area contributed by atoms with Crippen molar-refractivity contribution >= 4 is 11.0 Å². The molecule has 0 fully saturated rings. The van der Waals surface area contributed by atoms with Crippen molar-refractivity contribution in [3.63, 3.8) is 0 Å². The van der Waals surface area contributed by atoms with Crippen LogP contribution in [0.1, 0.15) is 11.3 Å². The van der Waals surface area contributed by atoms with E-state index in [1.165, 1.54) is 45.4 Å². The molecule has 0 spiro atoms. The summed E-state index contributed by atoms with van der Waals surface area (Å²) in [7, 11) is 2.85. The minimum Gasteiger partial charge on any atom is -0.497 e. The van der Waals surface area contributed by atoms with Crippen LogP contribution >= 0.6 is 0 Å². The molecule has 0 aliphatic carbocycles. The fraction of sp³-hybridized carbons (Fsp3) is 0.182. The lowest BCUT2D eigenvalue weighted by Gasteiger charge is -2.14. The van der Waals surface area contributed by atoms with Crippen molar-refractivity contribution in [1.82, 2.24) is 14.8 Å². The number of para-hydroxylation sites is 1. The highest BCUT2D eigenvalue weighted by Gasteiger charge is 2.36. The maximum atomic E-state index is 14.4. The van der Waals surface area contributed by atoms with Crippen LogP contribution in [0.5, 0.6) is 11.5 Å². The van der Waals surface area contributed by atoms with E-state index in [-0.39, 0.29) is 28.1 Å². The molecule has 0 radical (unpaired) electrons. The highest BCUT2D eigenvalue weighted by molar-refractivity contribution is 5.87. The Kier molecular flexibility index (Phi) is 5.04. The van der Waals surface area contributed by atoms with Gasteiger partial charge >= 0.3 is 6.18 Å². The molecule has 160 valence electrons. The largest absolute Gasteiger partial charge is 0.497 e. The Morgan fingerprint density at radius 2 is 1.71 bits per heavy atom. The number of aromatic nitrogens is 3. The molecule has 2 heterocycles. The van der Waals surface area contributed by atoms with Gasteiger partial charge in [-0.2, -0.15) is 18.3 Å². The molecule has 0 aliphatic rings. The molecule has 0 aliphatic heterocycles. The van der Waals surface area contributed by atoms with Crippen LogP contribution in [0.3, 0.4) is 0 Å². The summed E-state index contributed by atoms with van der Waals surface area (Å²) in [5.74, 6) is 0.103. The fourth-order valence-electron chi connectivity index (χ4n) is 3.46. The number of hydrogen-bond donors (Lipinski definition) is 0. The number of alkyl halides is 3. The lowest BCUT2D eigenvalue weighted by molar-refractivity contribution is -0.136. The van der Waals surface area contributed by atoms with E-state index >= 15 is 0 Å². The molecule has 0 N–H and O–H groups in total. The van der Waals surface area contributed by atoms with Gasteiger partial charge in [-0.25, -0.2) is 14.1 Å². The van der Waals surface area contributed by atoms with E-state index in [4.69, 9.17) is 9.47 Å². The van der Waals surface area contributed by atoms with Gasteiger partial charge in [-0.3, -0.25) is 0 Å². The summed E-state index contributed by atoms with van der Waals surface area (Å²) < 4.78 is 68.1. The SMILES string of the molecule is COc1ccc(OC)c(-c2cc(C(F)(F)F)c3c(C)nn(-c4ccccc4F)c3n2)c1. The van der Waals surface area contributed by atoms with Gasteiger partial charge in [-0.05, 0) is 43.3 Å². The zero-order valence-corrected chi connectivity index (χ0v) is 16.8. The van der Waals surface area contributed by atoms with Gasteiger partial charge in [0.2, 0.25) is 0 Å². The van der Waals surface area contributed by atoms with Gasteiger partial charge in [-0.15, -0.1) is 0 Å². The predicted octanol–water partition coefficient (Wildman–Crippen LogP) is 5.57. The quantitative estimate of drug-likeness (QED) is 0.397. The van der Waals surface area contributed by atoms with Crippen molar-refractivity contribution in [3.05, 3.63) is 65.6 Å². The summed E-state index contributed by atoms with van der Waals surface area (Å²) in [6.07, 6.45) is -4.68. The minimum atomic E-state index is -4.68. The van der Waals surface area contributed by atoms with Crippen LogP contribution in [0.4, 0.5) is 17.6 Å². The second-order valence-corrected chi connectivity index (χ2v) is 6.77. The van der Waals surface area contributed by atoms with Crippen molar-refractivity contribution in [2.24, 2.45) is 0 Å². The monoisotopic (exact) mass is 431 g/mol. The molecule has 4 rings (SSSR count). The Hall–Kier alpha value is -3.62. The number of fused-ring (bicyclic) bond motifs is 1. The van der Waals surface area contributed by atoms with E-state index < -0.39 is 17.6 Å². The molecule has 31 heavy (non-hydrogen) atoms. The third-order valence-electron chi connectivity index (χ3n) is 4.88. The van der Waals surface area contributed by atoms with E-state index in [0.717, 1.165) is 10.7 Å². The molecular formula is C22H17F4N3O2. The van der Waals surface area contributed by atoms with Crippen LogP contribution in [0.25, 0.3) is 28.0 Å². The Morgan fingerprint density at radius 3 is 2.35 bits per heavy atom. The van der Waals surface area contributed by atoms with Crippen LogP contribution in [0.2, 0.25) is 0 Å². The van der Waals surface area contributed by atoms with Gasteiger partial charge in [0.1, 0.15) is 23.0 Å². The average molecular weight is 431 g/mol. The zero-order valence-electron chi connectivity index (χ0n) is 16.8. The van der Waals surface area contributed by atoms with E-state index in [1.807, 2.05) is 0 Å². The smallest absolute Gasteiger partial charge is 0.417 e. The van der Waals surface area contributed by atoms with Gasteiger partial charge < -0.3 is 9.47 Å². The minimum absolute atomic E-state index is 0.00372. The number of pyridine rings is 1. The lowest BCUT2D eigenvalue weighted by atomic mass is 10.0. The van der Waals surface area contributed by atoms with Gasteiger partial charge in [-0.1, -0.05) is 12.1 Å². The molecule has 0 atom stereocenters. The fourth-order valence-corrected chi connectivity index (χ4v) is 3.46. The Bertz CT molecular complexity index is 1280. The van der Waals surface area contributed by atoms with Crippen molar-refractivity contribution in [2.75, 3.05) is 14.2 Å². The highest BCUT2D eigenvalue weighted by atomic mass is 19.4. The number of halogens is 4. The summed E-state index contributed by atoms with van der Waals surface area (Å²) >= 11 is 0. The second-order valence-electron chi connectivity index (χ2n) is 6.77. The molecule has 5 nitrogen and oxygen atoms in total. The molecule has 2 aromatic heterocycles. The van der Waals surface area contributed by atoms with Crippen LogP contribution in [0, 0.1) is 12.7 Å². The number of ether oxygens (including phenoxy) is 2. The van der Waals surface area contributed by atoms with Crippen molar-refractivity contribution in [3.8, 4) is 28.4 Å². The van der Waals surface area contributed by atoms with Gasteiger partial charge in [0.25, 0.3) is 0 Å². The average Bonchev–Trinajstić information content (AvgIpc) is 3.08. The summed E-state index contributed by atoms with van der Waals surface area (Å²) in [5.41, 5.74) is -0.658. The molecule has 0 saturated carbocycles. The van der Waals surface area contributed by atoms with E-state index in [0.29, 0.717) is 17.1 Å². The summed E-state index contributed by atoms with van der Waals surface area (Å²) in [5, 5.41) is 3.97. The zero-order chi connectivity index (χ0) is 22.3. The Balaban J connectivity index is 2.10. The first-order valence-corrected chi connectivity index (χ1v) is 9.19. The van der Waals surface area contributed by atoms with Crippen LogP contribution in [-0.2, 0) is 6.18 Å². The number of rotatable bonds is 4. The number of hydrogen-bond acceptors (Lipinski definition) is 4. The molecule has 0 amide bonds. The Morgan fingerprint density at radius 1 is 0.968 bits per heavy atom. The number of nitrogens with zero attached hydrogens (tertiary/aromatic N) is 3. The lowest BCUT2D eigenvalue weighted by Crippen LogP contribution is -2.08. The molecule has 9 heteroatoms. The molecule has 0 bridgehead atoms. The second kappa shape index (κ2) is 7.57. The number of benzene rings is 2. The van der Waals surface area contributed by atoms with Gasteiger partial charge in [0.05, 0.1) is 36.6 Å². The van der Waals surface area contributed by atoms with Gasteiger partial charge in [0.15, 0.2) is 5.65 Å². The van der Waals surface area contributed by atoms with Crippen LogP contribution < -0.4 is 9.47 Å². The molecule has 4 aromatic rings. The first-order chi connectivity index (χ1) is 14.7. The van der Waals surface area contributed by atoms with Crippen molar-refractivity contribution < 1.29 is 27.0 Å². The predicted molar refractivity (Wildman–Crippen MR) is 107 cm³/mol. The van der Waals surface area contributed by atoms with Crippen molar-refractivity contribution in [2.45, 2.75) is 13.1 Å². The highest BCUT2D eigenvalue weighted by Crippen LogP contribution is 2.41. The maximum absolute atomic E-state index is 14.4. The Labute approximate surface area is 174 Å². The van der Waals surface area contributed by atoms with E-state index in [1.54, 1.807) is 18.2 Å². The van der Waals surface area contributed by atoms with Crippen molar-refractivity contribution in [1.29, 1.82) is 0 Å². The summed E-state index contributed by atoms with van der Waals surface area (Å²) in [6.45, 7) is 1.43. The number of aryl methyl sites for hydroxylation is 1. The molecular weight excluding hydrogens is 414 g/mol. The van der Waals surface area contributed by atoms with Crippen LogP contribution in [0.15, 0.2) is 48.5 Å². The summed E-state index contributed by atoms with van der Waals surface area (Å²) in [4.78, 5) is 4.44. The normalized spacial score (nSPS) is 11.7. The molecule has 2 aromatic carbocycles. The standard InChI is InChI=1S/C22H17F4N3O2/c1-12-20-15(22(24,25)26)11-17(14-10-13(30-2)8-9-19(14)31-3)27-21(20)29(28-12)18-7-5-4-6-16(18)23/h4-11H,1-3H3. The third kappa shape index (κ3) is 3.56. The van der Waals surface area contributed by atoms with E-state index in [9.17, 15) is 17.6 Å². The summed E-state index contributed by atoms with van der Waals surface area (Å²) in [6, 6.07) is 11.4.